The van der Waals surface area contributed by atoms with Crippen LogP contribution < -0.4 is 5.32 Å². The van der Waals surface area contributed by atoms with Crippen LogP contribution in [0.5, 0.6) is 0 Å². The lowest BCUT2D eigenvalue weighted by Gasteiger charge is -2.20. The minimum absolute atomic E-state index is 0.00957. The van der Waals surface area contributed by atoms with E-state index >= 15 is 0 Å². The summed E-state index contributed by atoms with van der Waals surface area (Å²) < 4.78 is 10.6. The second-order valence-electron chi connectivity index (χ2n) is 5.02. The van der Waals surface area contributed by atoms with E-state index in [0.29, 0.717) is 6.54 Å². The first-order chi connectivity index (χ1) is 7.40. The van der Waals surface area contributed by atoms with E-state index in [4.69, 9.17) is 14.6 Å². The summed E-state index contributed by atoms with van der Waals surface area (Å²) in [4.78, 5) is 11.3. The Labute approximate surface area is 96.1 Å². The number of alkyl carbamates (subject to hydrolysis) is 1. The summed E-state index contributed by atoms with van der Waals surface area (Å²) in [7, 11) is 0. The van der Waals surface area contributed by atoms with E-state index < -0.39 is 11.7 Å². The molecular weight excluding hydrogens is 210 g/mol. The predicted molar refractivity (Wildman–Crippen MR) is 59.2 cm³/mol. The van der Waals surface area contributed by atoms with Crippen LogP contribution in [-0.2, 0) is 9.47 Å². The summed E-state index contributed by atoms with van der Waals surface area (Å²) in [6.07, 6.45) is 1.19. The van der Waals surface area contributed by atoms with E-state index in [-0.39, 0.29) is 18.8 Å². The number of carbonyl (C=O) groups excluding carboxylic acids is 1. The summed E-state index contributed by atoms with van der Waals surface area (Å²) in [6.45, 7) is 5.94. The molecule has 0 aromatic carbocycles. The van der Waals surface area contributed by atoms with Crippen molar-refractivity contribution in [1.82, 2.24) is 5.32 Å². The molecular formula is C11H21NO4. The Hall–Kier alpha value is -0.810. The highest BCUT2D eigenvalue weighted by molar-refractivity contribution is 5.67. The van der Waals surface area contributed by atoms with Gasteiger partial charge in [-0.15, -0.1) is 0 Å². The van der Waals surface area contributed by atoms with E-state index in [1.807, 2.05) is 20.8 Å². The van der Waals surface area contributed by atoms with Crippen LogP contribution in [0.1, 0.15) is 33.6 Å². The number of aliphatic hydroxyl groups excluding tert-OH is 1. The quantitative estimate of drug-likeness (QED) is 0.762. The van der Waals surface area contributed by atoms with E-state index in [1.54, 1.807) is 0 Å². The second-order valence-corrected chi connectivity index (χ2v) is 5.02. The first kappa shape index (κ1) is 13.3. The SMILES string of the molecule is CC(C)(C)OC(=O)NC[C@@H]1CC[C@H](CO)O1. The standard InChI is InChI=1S/C11H21NO4/c1-11(2,3)16-10(14)12-6-8-4-5-9(7-13)15-8/h8-9,13H,4-7H2,1-3H3,(H,12,14)/t8-,9+/m0/s1. The maximum atomic E-state index is 11.3. The van der Waals surface area contributed by atoms with Gasteiger partial charge in [0.2, 0.25) is 0 Å². The van der Waals surface area contributed by atoms with Crippen molar-refractivity contribution in [3.63, 3.8) is 0 Å². The first-order valence-electron chi connectivity index (χ1n) is 5.64. The monoisotopic (exact) mass is 231 g/mol. The Morgan fingerprint density at radius 3 is 2.56 bits per heavy atom. The van der Waals surface area contributed by atoms with Gasteiger partial charge in [-0.05, 0) is 33.6 Å². The predicted octanol–water partition coefficient (Wildman–Crippen LogP) is 1.05. The van der Waals surface area contributed by atoms with E-state index in [2.05, 4.69) is 5.32 Å². The van der Waals surface area contributed by atoms with Crippen molar-refractivity contribution in [1.29, 1.82) is 0 Å². The molecule has 94 valence electrons. The van der Waals surface area contributed by atoms with Crippen LogP contribution in [0.25, 0.3) is 0 Å². The fourth-order valence-electron chi connectivity index (χ4n) is 1.58. The van der Waals surface area contributed by atoms with Gasteiger partial charge < -0.3 is 19.9 Å². The van der Waals surface area contributed by atoms with Gasteiger partial charge in [0.25, 0.3) is 0 Å². The molecule has 0 bridgehead atoms. The highest BCUT2D eigenvalue weighted by Gasteiger charge is 2.25. The molecule has 1 aliphatic heterocycles. The van der Waals surface area contributed by atoms with Gasteiger partial charge in [-0.2, -0.15) is 0 Å². The van der Waals surface area contributed by atoms with Crippen molar-refractivity contribution < 1.29 is 19.4 Å². The molecule has 0 aromatic heterocycles. The average molecular weight is 231 g/mol. The summed E-state index contributed by atoms with van der Waals surface area (Å²) >= 11 is 0. The topological polar surface area (TPSA) is 67.8 Å². The van der Waals surface area contributed by atoms with Crippen molar-refractivity contribution >= 4 is 6.09 Å². The van der Waals surface area contributed by atoms with Crippen LogP contribution in [0, 0.1) is 0 Å². The number of amides is 1. The molecule has 0 unspecified atom stereocenters. The van der Waals surface area contributed by atoms with Crippen molar-refractivity contribution in [2.24, 2.45) is 0 Å². The van der Waals surface area contributed by atoms with E-state index in [0.717, 1.165) is 12.8 Å². The maximum Gasteiger partial charge on any atom is 0.407 e. The van der Waals surface area contributed by atoms with Crippen LogP contribution >= 0.6 is 0 Å². The fraction of sp³-hybridized carbons (Fsp3) is 0.909. The first-order valence-corrected chi connectivity index (χ1v) is 5.64. The summed E-state index contributed by atoms with van der Waals surface area (Å²) in [5.41, 5.74) is -0.478. The van der Waals surface area contributed by atoms with Crippen molar-refractivity contribution in [3.8, 4) is 0 Å². The Balaban J connectivity index is 2.18. The maximum absolute atomic E-state index is 11.3. The lowest BCUT2D eigenvalue weighted by molar-refractivity contribution is 0.00868. The van der Waals surface area contributed by atoms with Gasteiger partial charge in [0.1, 0.15) is 5.60 Å². The lowest BCUT2D eigenvalue weighted by Crippen LogP contribution is -2.37. The van der Waals surface area contributed by atoms with E-state index in [1.165, 1.54) is 0 Å². The van der Waals surface area contributed by atoms with Crippen LogP contribution in [0.4, 0.5) is 4.79 Å². The molecule has 1 aliphatic rings. The minimum atomic E-state index is -0.478. The third-order valence-corrected chi connectivity index (χ3v) is 2.27. The molecule has 1 saturated heterocycles. The zero-order valence-electron chi connectivity index (χ0n) is 10.2. The number of hydrogen-bond donors (Lipinski definition) is 2. The molecule has 2 atom stereocenters. The van der Waals surface area contributed by atoms with Crippen LogP contribution in [0.2, 0.25) is 0 Å². The number of ether oxygens (including phenoxy) is 2. The molecule has 1 heterocycles. The lowest BCUT2D eigenvalue weighted by atomic mass is 10.2. The van der Waals surface area contributed by atoms with Crippen LogP contribution in [0.3, 0.4) is 0 Å². The highest BCUT2D eigenvalue weighted by Crippen LogP contribution is 2.18. The van der Waals surface area contributed by atoms with Crippen LogP contribution in [-0.4, -0.2) is 42.2 Å². The highest BCUT2D eigenvalue weighted by atomic mass is 16.6. The largest absolute Gasteiger partial charge is 0.444 e. The average Bonchev–Trinajstić information content (AvgIpc) is 2.59. The van der Waals surface area contributed by atoms with Crippen molar-refractivity contribution in [2.45, 2.75) is 51.4 Å². The normalized spacial score (nSPS) is 25.5. The number of nitrogens with one attached hydrogen (secondary N) is 1. The molecule has 0 saturated carbocycles. The van der Waals surface area contributed by atoms with Gasteiger partial charge in [0, 0.05) is 6.54 Å². The van der Waals surface area contributed by atoms with Gasteiger partial charge in [-0.25, -0.2) is 4.79 Å². The second kappa shape index (κ2) is 5.50. The number of hydrogen-bond acceptors (Lipinski definition) is 4. The Bertz CT molecular complexity index is 237. The van der Waals surface area contributed by atoms with E-state index in [9.17, 15) is 4.79 Å². The number of aliphatic hydroxyl groups is 1. The Morgan fingerprint density at radius 1 is 1.44 bits per heavy atom. The van der Waals surface area contributed by atoms with Gasteiger partial charge in [-0.3, -0.25) is 0 Å². The summed E-state index contributed by atoms with van der Waals surface area (Å²) in [6, 6.07) is 0. The zero-order valence-corrected chi connectivity index (χ0v) is 10.2. The molecule has 0 aromatic rings. The summed E-state index contributed by atoms with van der Waals surface area (Å²) in [5.74, 6) is 0. The summed E-state index contributed by atoms with van der Waals surface area (Å²) in [5, 5.41) is 11.5. The minimum Gasteiger partial charge on any atom is -0.444 e. The molecule has 5 nitrogen and oxygen atoms in total. The molecule has 0 aliphatic carbocycles. The number of carbonyl (C=O) groups is 1. The van der Waals surface area contributed by atoms with Gasteiger partial charge >= 0.3 is 6.09 Å². The molecule has 2 N–H and O–H groups in total. The molecule has 1 rings (SSSR count). The Kier molecular flexibility index (Phi) is 4.56. The molecule has 0 radical (unpaired) electrons. The van der Waals surface area contributed by atoms with Crippen molar-refractivity contribution in [3.05, 3.63) is 0 Å². The fourth-order valence-corrected chi connectivity index (χ4v) is 1.58. The van der Waals surface area contributed by atoms with Gasteiger partial charge in [0.05, 0.1) is 18.8 Å². The zero-order chi connectivity index (χ0) is 12.2. The molecule has 1 amide bonds. The van der Waals surface area contributed by atoms with Crippen LogP contribution in [0.15, 0.2) is 0 Å². The third kappa shape index (κ3) is 4.81. The van der Waals surface area contributed by atoms with Gasteiger partial charge in [0.15, 0.2) is 0 Å². The molecule has 0 spiro atoms. The third-order valence-electron chi connectivity index (χ3n) is 2.27. The Morgan fingerprint density at radius 2 is 2.06 bits per heavy atom. The molecule has 5 heteroatoms. The molecule has 1 fully saturated rings. The molecule has 16 heavy (non-hydrogen) atoms. The van der Waals surface area contributed by atoms with Gasteiger partial charge in [-0.1, -0.05) is 0 Å². The van der Waals surface area contributed by atoms with Crippen molar-refractivity contribution in [2.75, 3.05) is 13.2 Å². The number of rotatable bonds is 3. The smallest absolute Gasteiger partial charge is 0.407 e.